The summed E-state index contributed by atoms with van der Waals surface area (Å²) in [5, 5.41) is 14.6. The Labute approximate surface area is 114 Å². The molecule has 0 fully saturated rings. The lowest BCUT2D eigenvalue weighted by Crippen LogP contribution is -2.15. The van der Waals surface area contributed by atoms with E-state index in [-0.39, 0.29) is 5.91 Å². The Bertz CT molecular complexity index is 782. The van der Waals surface area contributed by atoms with Crippen molar-refractivity contribution in [3.05, 3.63) is 35.4 Å². The number of nitrogens with one attached hydrogen (secondary N) is 1. The maximum atomic E-state index is 12.1. The lowest BCUT2D eigenvalue weighted by Gasteiger charge is -2.00. The van der Waals surface area contributed by atoms with Crippen LogP contribution < -0.4 is 5.32 Å². The van der Waals surface area contributed by atoms with Gasteiger partial charge in [-0.2, -0.15) is 5.10 Å². The molecule has 0 bridgehead atoms. The molecular weight excluding hydrogens is 258 g/mol. The van der Waals surface area contributed by atoms with E-state index in [1.165, 1.54) is 0 Å². The first-order valence-electron chi connectivity index (χ1n) is 6.05. The van der Waals surface area contributed by atoms with Gasteiger partial charge in [0.2, 0.25) is 5.95 Å². The first-order valence-corrected chi connectivity index (χ1v) is 6.05. The van der Waals surface area contributed by atoms with Gasteiger partial charge in [0, 0.05) is 24.6 Å². The number of hydrogen-bond donors (Lipinski definition) is 1. The molecule has 3 aromatic rings. The average Bonchev–Trinajstić information content (AvgIpc) is 2.94. The molecule has 0 atom stereocenters. The first-order chi connectivity index (χ1) is 9.54. The molecule has 0 spiro atoms. The highest BCUT2D eigenvalue weighted by Crippen LogP contribution is 2.09. The number of nitrogens with zero attached hydrogens (tertiary/aromatic N) is 6. The molecule has 0 saturated carbocycles. The summed E-state index contributed by atoms with van der Waals surface area (Å²) in [5.74, 6) is 0.432. The smallest absolute Gasteiger partial charge is 0.278 e. The van der Waals surface area contributed by atoms with E-state index in [4.69, 9.17) is 0 Å². The van der Waals surface area contributed by atoms with E-state index in [1.54, 1.807) is 28.4 Å². The van der Waals surface area contributed by atoms with Crippen LogP contribution in [0.4, 0.5) is 5.95 Å². The zero-order valence-electron chi connectivity index (χ0n) is 11.3. The number of fused-ring (bicyclic) bond motifs is 1. The van der Waals surface area contributed by atoms with Crippen LogP contribution in [0.25, 0.3) is 5.78 Å². The Kier molecular flexibility index (Phi) is 2.70. The molecular formula is C12H13N7O. The van der Waals surface area contributed by atoms with Crippen LogP contribution in [0.15, 0.2) is 18.3 Å². The van der Waals surface area contributed by atoms with Gasteiger partial charge >= 0.3 is 0 Å². The van der Waals surface area contributed by atoms with Crippen molar-refractivity contribution in [1.29, 1.82) is 0 Å². The van der Waals surface area contributed by atoms with Gasteiger partial charge in [-0.15, -0.1) is 10.2 Å². The molecule has 0 aromatic carbocycles. The highest BCUT2D eigenvalue weighted by molar-refractivity contribution is 6.02. The summed E-state index contributed by atoms with van der Waals surface area (Å²) in [6.07, 6.45) is 1.76. The molecule has 0 radical (unpaired) electrons. The van der Waals surface area contributed by atoms with Crippen molar-refractivity contribution >= 4 is 17.6 Å². The Morgan fingerprint density at radius 1 is 1.30 bits per heavy atom. The van der Waals surface area contributed by atoms with Crippen LogP contribution in [0.5, 0.6) is 0 Å². The predicted octanol–water partition coefficient (Wildman–Crippen LogP) is 0.727. The normalized spacial score (nSPS) is 10.9. The zero-order valence-corrected chi connectivity index (χ0v) is 11.3. The van der Waals surface area contributed by atoms with E-state index in [1.807, 2.05) is 19.9 Å². The number of carbonyl (C=O) groups is 1. The van der Waals surface area contributed by atoms with Crippen LogP contribution in [-0.2, 0) is 7.05 Å². The van der Waals surface area contributed by atoms with Crippen molar-refractivity contribution in [3.8, 4) is 0 Å². The maximum Gasteiger partial charge on any atom is 0.278 e. The van der Waals surface area contributed by atoms with Crippen LogP contribution >= 0.6 is 0 Å². The lowest BCUT2D eigenvalue weighted by molar-refractivity contribution is 0.102. The molecule has 0 aliphatic rings. The third-order valence-corrected chi connectivity index (χ3v) is 2.99. The summed E-state index contributed by atoms with van der Waals surface area (Å²) in [6, 6.07) is 3.53. The van der Waals surface area contributed by atoms with Gasteiger partial charge in [-0.05, 0) is 26.0 Å². The van der Waals surface area contributed by atoms with Crippen molar-refractivity contribution in [2.75, 3.05) is 5.32 Å². The largest absolute Gasteiger partial charge is 0.289 e. The first kappa shape index (κ1) is 12.3. The van der Waals surface area contributed by atoms with E-state index in [0.717, 1.165) is 11.4 Å². The molecule has 8 heteroatoms. The summed E-state index contributed by atoms with van der Waals surface area (Å²) in [6.45, 7) is 3.74. The van der Waals surface area contributed by atoms with Gasteiger partial charge in [0.05, 0.1) is 0 Å². The fourth-order valence-corrected chi connectivity index (χ4v) is 1.80. The van der Waals surface area contributed by atoms with Crippen LogP contribution in [-0.4, -0.2) is 35.3 Å². The van der Waals surface area contributed by atoms with E-state index in [2.05, 4.69) is 25.6 Å². The molecule has 8 nitrogen and oxygen atoms in total. The molecule has 1 amide bonds. The van der Waals surface area contributed by atoms with Crippen LogP contribution in [0, 0.1) is 13.8 Å². The highest BCUT2D eigenvalue weighted by Gasteiger charge is 2.14. The van der Waals surface area contributed by atoms with Crippen molar-refractivity contribution in [3.63, 3.8) is 0 Å². The minimum Gasteiger partial charge on any atom is -0.289 e. The van der Waals surface area contributed by atoms with Gasteiger partial charge in [0.25, 0.3) is 11.7 Å². The fraction of sp³-hybridized carbons (Fsp3) is 0.250. The Hall–Kier alpha value is -2.77. The van der Waals surface area contributed by atoms with Crippen LogP contribution in [0.3, 0.4) is 0 Å². The van der Waals surface area contributed by atoms with Crippen LogP contribution in [0.1, 0.15) is 21.9 Å². The average molecular weight is 271 g/mol. The van der Waals surface area contributed by atoms with Crippen molar-refractivity contribution in [2.24, 2.45) is 7.05 Å². The molecule has 0 saturated heterocycles. The third-order valence-electron chi connectivity index (χ3n) is 2.99. The minimum absolute atomic E-state index is 0.320. The molecule has 0 aliphatic heterocycles. The predicted molar refractivity (Wildman–Crippen MR) is 71.4 cm³/mol. The monoisotopic (exact) mass is 271 g/mol. The van der Waals surface area contributed by atoms with E-state index in [9.17, 15) is 4.79 Å². The van der Waals surface area contributed by atoms with Gasteiger partial charge < -0.3 is 0 Å². The second-order valence-electron chi connectivity index (χ2n) is 4.51. The van der Waals surface area contributed by atoms with Crippen LogP contribution in [0.2, 0.25) is 0 Å². The Balaban J connectivity index is 1.91. The number of aromatic nitrogens is 6. The molecule has 3 heterocycles. The fourth-order valence-electron chi connectivity index (χ4n) is 1.80. The van der Waals surface area contributed by atoms with E-state index >= 15 is 0 Å². The molecule has 0 aliphatic carbocycles. The van der Waals surface area contributed by atoms with Gasteiger partial charge in [0.1, 0.15) is 0 Å². The third kappa shape index (κ3) is 2.00. The number of hydrogen-bond acceptors (Lipinski definition) is 5. The molecule has 3 aromatic heterocycles. The summed E-state index contributed by atoms with van der Waals surface area (Å²) in [7, 11) is 1.78. The van der Waals surface area contributed by atoms with E-state index < -0.39 is 0 Å². The summed E-state index contributed by atoms with van der Waals surface area (Å²) in [4.78, 5) is 16.3. The van der Waals surface area contributed by atoms with Crippen molar-refractivity contribution in [2.45, 2.75) is 13.8 Å². The number of aryl methyl sites for hydroxylation is 3. The second-order valence-corrected chi connectivity index (χ2v) is 4.51. The van der Waals surface area contributed by atoms with Crippen molar-refractivity contribution in [1.82, 2.24) is 29.4 Å². The lowest BCUT2D eigenvalue weighted by atomic mass is 10.3. The Morgan fingerprint density at radius 3 is 2.80 bits per heavy atom. The summed E-state index contributed by atoms with van der Waals surface area (Å²) in [5.41, 5.74) is 2.07. The van der Waals surface area contributed by atoms with Gasteiger partial charge in [-0.3, -0.25) is 19.2 Å². The molecule has 3 rings (SSSR count). The van der Waals surface area contributed by atoms with Gasteiger partial charge in [-0.25, -0.2) is 4.98 Å². The summed E-state index contributed by atoms with van der Waals surface area (Å²) >= 11 is 0. The number of anilines is 1. The second kappa shape index (κ2) is 4.41. The molecule has 0 unspecified atom stereocenters. The quantitative estimate of drug-likeness (QED) is 0.742. The van der Waals surface area contributed by atoms with Gasteiger partial charge in [-0.1, -0.05) is 0 Å². The minimum atomic E-state index is -0.330. The highest BCUT2D eigenvalue weighted by atomic mass is 16.2. The maximum absolute atomic E-state index is 12.1. The van der Waals surface area contributed by atoms with Crippen molar-refractivity contribution < 1.29 is 4.79 Å². The number of carbonyl (C=O) groups excluding carboxylic acids is 1. The van der Waals surface area contributed by atoms with Gasteiger partial charge in [0.15, 0.2) is 5.69 Å². The molecule has 20 heavy (non-hydrogen) atoms. The number of amides is 1. The molecule has 102 valence electrons. The summed E-state index contributed by atoms with van der Waals surface area (Å²) < 4.78 is 3.25. The van der Waals surface area contributed by atoms with E-state index in [0.29, 0.717) is 17.4 Å². The standard InChI is InChI=1S/C12H13N7O/c1-7-4-5-19-11(13-7)15-16-12(19)14-10(20)9-6-8(2)18(3)17-9/h4-6H,1-3H3,(H,14,16,20). The SMILES string of the molecule is Cc1ccn2c(NC(=O)c3cc(C)n(C)n3)nnc2n1. The topological polar surface area (TPSA) is 90.0 Å². The number of rotatable bonds is 2. The molecule has 1 N–H and O–H groups in total. The zero-order chi connectivity index (χ0) is 14.3. The Morgan fingerprint density at radius 2 is 2.10 bits per heavy atom.